The lowest BCUT2D eigenvalue weighted by Crippen LogP contribution is -2.34. The molecule has 88 valence electrons. The third-order valence-corrected chi connectivity index (χ3v) is 4.53. The molecule has 1 aromatic rings. The molecule has 1 aromatic heterocycles. The van der Waals surface area contributed by atoms with Gasteiger partial charge in [-0.3, -0.25) is 4.90 Å². The summed E-state index contributed by atoms with van der Waals surface area (Å²) in [6.07, 6.45) is 0. The molecule has 0 saturated carbocycles. The van der Waals surface area contributed by atoms with Crippen molar-refractivity contribution in [1.29, 1.82) is 0 Å². The molecule has 0 aromatic carbocycles. The number of nitrogens with zero attached hydrogens (tertiary/aromatic N) is 1. The van der Waals surface area contributed by atoms with Gasteiger partial charge in [-0.05, 0) is 48.5 Å². The summed E-state index contributed by atoms with van der Waals surface area (Å²) in [5.74, 6) is 0. The van der Waals surface area contributed by atoms with Crippen LogP contribution in [0, 0.1) is 6.92 Å². The van der Waals surface area contributed by atoms with Crippen LogP contribution in [0.3, 0.4) is 0 Å². The van der Waals surface area contributed by atoms with E-state index in [2.05, 4.69) is 47.8 Å². The zero-order chi connectivity index (χ0) is 10.7. The zero-order valence-corrected chi connectivity index (χ0v) is 12.5. The second-order valence-electron chi connectivity index (χ2n) is 3.67. The molecular weight excluding hydrogens is 296 g/mol. The molecule has 5 heteroatoms. The van der Waals surface area contributed by atoms with Crippen LogP contribution in [0.25, 0.3) is 0 Å². The molecule has 0 spiro atoms. The summed E-state index contributed by atoms with van der Waals surface area (Å²) in [5, 5.41) is 0. The fourth-order valence-corrected chi connectivity index (χ4v) is 2.87. The van der Waals surface area contributed by atoms with Crippen LogP contribution in [-0.2, 0) is 6.54 Å². The van der Waals surface area contributed by atoms with Gasteiger partial charge in [0.25, 0.3) is 0 Å². The maximum Gasteiger partial charge on any atom is 0.0730 e. The first-order chi connectivity index (χ1) is 6.54. The molecule has 1 atom stereocenters. The van der Waals surface area contributed by atoms with E-state index < -0.39 is 0 Å². The van der Waals surface area contributed by atoms with Crippen molar-refractivity contribution >= 4 is 39.7 Å². The van der Waals surface area contributed by atoms with Crippen molar-refractivity contribution in [3.05, 3.63) is 20.3 Å². The minimum Gasteiger partial charge on any atom is -0.329 e. The maximum atomic E-state index is 5.61. The van der Waals surface area contributed by atoms with Crippen LogP contribution in [0.2, 0.25) is 0 Å². The normalized spacial score (nSPS) is 12.7. The van der Waals surface area contributed by atoms with Gasteiger partial charge in [-0.2, -0.15) is 0 Å². The minimum absolute atomic E-state index is 0. The Morgan fingerprint density at radius 1 is 1.60 bits per heavy atom. The number of halogens is 2. The van der Waals surface area contributed by atoms with Gasteiger partial charge in [0, 0.05) is 24.0 Å². The molecule has 0 aliphatic carbocycles. The average Bonchev–Trinajstić information content (AvgIpc) is 2.44. The van der Waals surface area contributed by atoms with E-state index in [0.717, 1.165) is 6.54 Å². The molecular formula is C10H18BrClN2S. The number of hydrogen-bond acceptors (Lipinski definition) is 3. The standard InChI is InChI=1S/C10H17BrN2S.ClH/c1-7-4-9(14-10(7)11)6-13(3)8(2)5-12;/h4,8H,5-6,12H2,1-3H3;1H. The molecule has 0 amide bonds. The summed E-state index contributed by atoms with van der Waals surface area (Å²) in [6.45, 7) is 5.96. The lowest BCUT2D eigenvalue weighted by molar-refractivity contribution is 0.257. The number of likely N-dealkylation sites (N-methyl/N-ethyl adjacent to an activating group) is 1. The fourth-order valence-electron chi connectivity index (χ4n) is 1.18. The Kier molecular flexibility index (Phi) is 7.04. The summed E-state index contributed by atoms with van der Waals surface area (Å²) < 4.78 is 1.24. The number of rotatable bonds is 4. The van der Waals surface area contributed by atoms with Crippen LogP contribution in [0.1, 0.15) is 17.4 Å². The second-order valence-corrected chi connectivity index (χ2v) is 6.12. The van der Waals surface area contributed by atoms with Gasteiger partial charge in [0.2, 0.25) is 0 Å². The summed E-state index contributed by atoms with van der Waals surface area (Å²) in [7, 11) is 2.11. The number of thiophene rings is 1. The highest BCUT2D eigenvalue weighted by Crippen LogP contribution is 2.28. The Morgan fingerprint density at radius 3 is 2.60 bits per heavy atom. The zero-order valence-electron chi connectivity index (χ0n) is 9.29. The van der Waals surface area contributed by atoms with Crippen molar-refractivity contribution in [3.63, 3.8) is 0 Å². The highest BCUT2D eigenvalue weighted by atomic mass is 79.9. The number of aryl methyl sites for hydroxylation is 1. The topological polar surface area (TPSA) is 29.3 Å². The van der Waals surface area contributed by atoms with Crippen molar-refractivity contribution in [2.24, 2.45) is 5.73 Å². The Balaban J connectivity index is 0.00000196. The van der Waals surface area contributed by atoms with E-state index >= 15 is 0 Å². The van der Waals surface area contributed by atoms with Crippen LogP contribution in [0.4, 0.5) is 0 Å². The Morgan fingerprint density at radius 2 is 2.20 bits per heavy atom. The van der Waals surface area contributed by atoms with Gasteiger partial charge in [-0.1, -0.05) is 0 Å². The van der Waals surface area contributed by atoms with E-state index in [1.807, 2.05) is 0 Å². The first-order valence-corrected chi connectivity index (χ1v) is 6.30. The van der Waals surface area contributed by atoms with Gasteiger partial charge in [0.1, 0.15) is 0 Å². The first-order valence-electron chi connectivity index (χ1n) is 4.69. The molecule has 1 rings (SSSR count). The fraction of sp³-hybridized carbons (Fsp3) is 0.600. The second kappa shape index (κ2) is 6.86. The van der Waals surface area contributed by atoms with Crippen LogP contribution >= 0.6 is 39.7 Å². The summed E-state index contributed by atoms with van der Waals surface area (Å²) >= 11 is 5.34. The van der Waals surface area contributed by atoms with Gasteiger partial charge in [0.15, 0.2) is 0 Å². The van der Waals surface area contributed by atoms with Gasteiger partial charge >= 0.3 is 0 Å². The van der Waals surface area contributed by atoms with Crippen LogP contribution in [0.15, 0.2) is 9.85 Å². The lowest BCUT2D eigenvalue weighted by atomic mass is 10.3. The van der Waals surface area contributed by atoms with Crippen molar-refractivity contribution in [3.8, 4) is 0 Å². The van der Waals surface area contributed by atoms with Gasteiger partial charge in [-0.25, -0.2) is 0 Å². The Labute approximate surface area is 110 Å². The molecule has 0 saturated heterocycles. The number of hydrogen-bond donors (Lipinski definition) is 1. The van der Waals surface area contributed by atoms with Crippen molar-refractivity contribution in [2.75, 3.05) is 13.6 Å². The third kappa shape index (κ3) is 4.41. The van der Waals surface area contributed by atoms with E-state index in [4.69, 9.17) is 5.73 Å². The van der Waals surface area contributed by atoms with Crippen LogP contribution in [0.5, 0.6) is 0 Å². The summed E-state index contributed by atoms with van der Waals surface area (Å²) in [6, 6.07) is 2.67. The smallest absolute Gasteiger partial charge is 0.0730 e. The van der Waals surface area contributed by atoms with Crippen LogP contribution < -0.4 is 5.73 Å². The predicted octanol–water partition coefficient (Wildman–Crippen LogP) is 3.02. The van der Waals surface area contributed by atoms with Crippen LogP contribution in [-0.4, -0.2) is 24.5 Å². The van der Waals surface area contributed by atoms with Crippen molar-refractivity contribution < 1.29 is 0 Å². The molecule has 1 unspecified atom stereocenters. The van der Waals surface area contributed by atoms with Gasteiger partial charge in [-0.15, -0.1) is 23.7 Å². The molecule has 2 N–H and O–H groups in total. The average molecular weight is 314 g/mol. The molecule has 0 aliphatic heterocycles. The SMILES string of the molecule is Cc1cc(CN(C)C(C)CN)sc1Br.Cl. The molecule has 0 fully saturated rings. The van der Waals surface area contributed by atoms with E-state index in [9.17, 15) is 0 Å². The predicted molar refractivity (Wildman–Crippen MR) is 74.0 cm³/mol. The molecule has 1 heterocycles. The molecule has 2 nitrogen and oxygen atoms in total. The van der Waals surface area contributed by atoms with Crippen molar-refractivity contribution in [1.82, 2.24) is 4.90 Å². The number of nitrogens with two attached hydrogens (primary N) is 1. The molecule has 0 radical (unpaired) electrons. The highest BCUT2D eigenvalue weighted by Gasteiger charge is 2.10. The minimum atomic E-state index is 0. The molecule has 0 bridgehead atoms. The Hall–Kier alpha value is 0.390. The largest absolute Gasteiger partial charge is 0.329 e. The van der Waals surface area contributed by atoms with E-state index in [1.54, 1.807) is 11.3 Å². The van der Waals surface area contributed by atoms with E-state index in [1.165, 1.54) is 14.2 Å². The maximum absolute atomic E-state index is 5.61. The highest BCUT2D eigenvalue weighted by molar-refractivity contribution is 9.11. The van der Waals surface area contributed by atoms with E-state index in [0.29, 0.717) is 12.6 Å². The Bertz CT molecular complexity index is 284. The van der Waals surface area contributed by atoms with E-state index in [-0.39, 0.29) is 12.4 Å². The van der Waals surface area contributed by atoms with Gasteiger partial charge in [0.05, 0.1) is 3.79 Å². The monoisotopic (exact) mass is 312 g/mol. The van der Waals surface area contributed by atoms with Crippen molar-refractivity contribution in [2.45, 2.75) is 26.4 Å². The lowest BCUT2D eigenvalue weighted by Gasteiger charge is -2.22. The first kappa shape index (κ1) is 15.4. The molecule has 15 heavy (non-hydrogen) atoms. The third-order valence-electron chi connectivity index (χ3n) is 2.41. The summed E-state index contributed by atoms with van der Waals surface area (Å²) in [4.78, 5) is 3.66. The summed E-state index contributed by atoms with van der Waals surface area (Å²) in [5.41, 5.74) is 6.93. The quantitative estimate of drug-likeness (QED) is 0.926. The molecule has 0 aliphatic rings. The van der Waals surface area contributed by atoms with Gasteiger partial charge < -0.3 is 5.73 Å².